The second-order valence-electron chi connectivity index (χ2n) is 4.11. The van der Waals surface area contributed by atoms with Crippen LogP contribution < -0.4 is 4.90 Å². The van der Waals surface area contributed by atoms with E-state index in [1.54, 1.807) is 17.0 Å². The molecular formula is C14H12ClF3N2. The van der Waals surface area contributed by atoms with Gasteiger partial charge in [0.2, 0.25) is 0 Å². The largest absolute Gasteiger partial charge is 0.416 e. The molecule has 2 rings (SSSR count). The second-order valence-corrected chi connectivity index (χ2v) is 4.50. The lowest BCUT2D eigenvalue weighted by molar-refractivity contribution is -0.137. The van der Waals surface area contributed by atoms with Gasteiger partial charge in [-0.3, -0.25) is 0 Å². The van der Waals surface area contributed by atoms with Gasteiger partial charge >= 0.3 is 6.18 Å². The molecule has 0 bridgehead atoms. The maximum absolute atomic E-state index is 12.8. The van der Waals surface area contributed by atoms with Crippen molar-refractivity contribution in [1.82, 2.24) is 4.98 Å². The molecule has 0 aliphatic heterocycles. The standard InChI is InChI=1S/C14H12ClF3N2/c1-2-20(11-6-4-3-5-7-11)13-9-10(14(16,17)18)8-12(15)19-13/h3-9H,2H2,1H3. The molecule has 0 aliphatic rings. The Morgan fingerprint density at radius 1 is 1.15 bits per heavy atom. The van der Waals surface area contributed by atoms with E-state index in [2.05, 4.69) is 4.98 Å². The van der Waals surface area contributed by atoms with Crippen molar-refractivity contribution in [3.05, 3.63) is 53.2 Å². The fourth-order valence-electron chi connectivity index (χ4n) is 1.87. The van der Waals surface area contributed by atoms with E-state index in [0.29, 0.717) is 6.54 Å². The summed E-state index contributed by atoms with van der Waals surface area (Å²) in [5.74, 6) is 0.179. The number of pyridine rings is 1. The Kier molecular flexibility index (Phi) is 4.18. The van der Waals surface area contributed by atoms with Gasteiger partial charge in [0.1, 0.15) is 11.0 Å². The van der Waals surface area contributed by atoms with Crippen molar-refractivity contribution in [2.75, 3.05) is 11.4 Å². The zero-order valence-electron chi connectivity index (χ0n) is 10.7. The summed E-state index contributed by atoms with van der Waals surface area (Å²) in [4.78, 5) is 5.65. The molecule has 1 aromatic carbocycles. The van der Waals surface area contributed by atoms with E-state index in [4.69, 9.17) is 11.6 Å². The molecule has 1 aromatic heterocycles. The Morgan fingerprint density at radius 3 is 2.35 bits per heavy atom. The van der Waals surface area contributed by atoms with Crippen LogP contribution in [0.3, 0.4) is 0 Å². The number of hydrogen-bond acceptors (Lipinski definition) is 2. The highest BCUT2D eigenvalue weighted by atomic mass is 35.5. The molecule has 0 saturated carbocycles. The van der Waals surface area contributed by atoms with Crippen molar-refractivity contribution in [2.45, 2.75) is 13.1 Å². The number of halogens is 4. The lowest BCUT2D eigenvalue weighted by Gasteiger charge is -2.23. The van der Waals surface area contributed by atoms with Crippen LogP contribution >= 0.6 is 11.6 Å². The molecule has 0 atom stereocenters. The third-order valence-electron chi connectivity index (χ3n) is 2.77. The summed E-state index contributed by atoms with van der Waals surface area (Å²) in [6.07, 6.45) is -4.45. The molecule has 2 aromatic rings. The SMILES string of the molecule is CCN(c1ccccc1)c1cc(C(F)(F)F)cc(Cl)n1. The second kappa shape index (κ2) is 5.71. The van der Waals surface area contributed by atoms with Gasteiger partial charge < -0.3 is 4.90 Å². The van der Waals surface area contributed by atoms with Gasteiger partial charge in [0.05, 0.1) is 5.56 Å². The van der Waals surface area contributed by atoms with Crippen molar-refractivity contribution < 1.29 is 13.2 Å². The summed E-state index contributed by atoms with van der Waals surface area (Å²) in [7, 11) is 0. The summed E-state index contributed by atoms with van der Waals surface area (Å²) in [6.45, 7) is 2.32. The molecule has 106 valence electrons. The molecule has 0 saturated heterocycles. The number of rotatable bonds is 3. The number of anilines is 2. The quantitative estimate of drug-likeness (QED) is 0.749. The Balaban J connectivity index is 2.48. The molecule has 0 unspecified atom stereocenters. The molecule has 0 radical (unpaired) electrons. The minimum absolute atomic E-state index is 0.177. The fourth-order valence-corrected chi connectivity index (χ4v) is 2.07. The lowest BCUT2D eigenvalue weighted by atomic mass is 10.2. The fraction of sp³-hybridized carbons (Fsp3) is 0.214. The topological polar surface area (TPSA) is 16.1 Å². The molecule has 0 N–H and O–H groups in total. The Morgan fingerprint density at radius 2 is 1.80 bits per heavy atom. The molecule has 0 spiro atoms. The molecule has 1 heterocycles. The third kappa shape index (κ3) is 3.22. The van der Waals surface area contributed by atoms with Gasteiger partial charge in [-0.15, -0.1) is 0 Å². The average molecular weight is 301 g/mol. The van der Waals surface area contributed by atoms with Gasteiger partial charge in [-0.2, -0.15) is 13.2 Å². The predicted octanol–water partition coefficient (Wildman–Crippen LogP) is 4.91. The molecule has 6 heteroatoms. The molecule has 0 aliphatic carbocycles. The Bertz CT molecular complexity index is 585. The van der Waals surface area contributed by atoms with Gasteiger partial charge in [-0.1, -0.05) is 29.8 Å². The predicted molar refractivity (Wildman–Crippen MR) is 73.4 cm³/mol. The van der Waals surface area contributed by atoms with E-state index in [1.807, 2.05) is 25.1 Å². The lowest BCUT2D eigenvalue weighted by Crippen LogP contribution is -2.18. The van der Waals surface area contributed by atoms with Gasteiger partial charge in [0.15, 0.2) is 0 Å². The summed E-state index contributed by atoms with van der Waals surface area (Å²) in [5.41, 5.74) is -0.0419. The van der Waals surface area contributed by atoms with Gasteiger partial charge in [0.25, 0.3) is 0 Å². The van der Waals surface area contributed by atoms with Crippen LogP contribution in [0.2, 0.25) is 5.15 Å². The summed E-state index contributed by atoms with van der Waals surface area (Å²) in [5, 5.41) is -0.177. The molecule has 0 fully saturated rings. The van der Waals surface area contributed by atoms with Crippen LogP contribution in [0.25, 0.3) is 0 Å². The highest BCUT2D eigenvalue weighted by Crippen LogP contribution is 2.34. The van der Waals surface area contributed by atoms with Crippen LogP contribution in [0.4, 0.5) is 24.7 Å². The van der Waals surface area contributed by atoms with E-state index in [9.17, 15) is 13.2 Å². The number of alkyl halides is 3. The van der Waals surface area contributed by atoms with Gasteiger partial charge in [-0.25, -0.2) is 4.98 Å². The van der Waals surface area contributed by atoms with E-state index in [-0.39, 0.29) is 11.0 Å². The van der Waals surface area contributed by atoms with Crippen molar-refractivity contribution in [3.63, 3.8) is 0 Å². The van der Waals surface area contributed by atoms with Crippen LogP contribution in [0.1, 0.15) is 12.5 Å². The Labute approximate surface area is 119 Å². The van der Waals surface area contributed by atoms with Crippen LogP contribution in [-0.2, 0) is 6.18 Å². The highest BCUT2D eigenvalue weighted by molar-refractivity contribution is 6.29. The zero-order valence-corrected chi connectivity index (χ0v) is 11.4. The minimum Gasteiger partial charge on any atom is -0.327 e. The summed E-state index contributed by atoms with van der Waals surface area (Å²) in [6, 6.07) is 10.9. The van der Waals surface area contributed by atoms with Crippen molar-refractivity contribution >= 4 is 23.1 Å². The van der Waals surface area contributed by atoms with E-state index < -0.39 is 11.7 Å². The number of aromatic nitrogens is 1. The van der Waals surface area contributed by atoms with Crippen molar-refractivity contribution in [1.29, 1.82) is 0 Å². The molecule has 0 amide bonds. The van der Waals surface area contributed by atoms with Crippen LogP contribution in [0, 0.1) is 0 Å². The monoisotopic (exact) mass is 300 g/mol. The minimum atomic E-state index is -4.45. The van der Waals surface area contributed by atoms with E-state index >= 15 is 0 Å². The number of benzene rings is 1. The molecule has 20 heavy (non-hydrogen) atoms. The first-order valence-corrected chi connectivity index (χ1v) is 6.37. The normalized spacial score (nSPS) is 11.4. The number of nitrogens with zero attached hydrogens (tertiary/aromatic N) is 2. The van der Waals surface area contributed by atoms with Crippen molar-refractivity contribution in [2.24, 2.45) is 0 Å². The van der Waals surface area contributed by atoms with Gasteiger partial charge in [0, 0.05) is 12.2 Å². The number of para-hydroxylation sites is 1. The maximum Gasteiger partial charge on any atom is 0.416 e. The third-order valence-corrected chi connectivity index (χ3v) is 2.96. The van der Waals surface area contributed by atoms with Gasteiger partial charge in [-0.05, 0) is 31.2 Å². The highest BCUT2D eigenvalue weighted by Gasteiger charge is 2.32. The number of hydrogen-bond donors (Lipinski definition) is 0. The smallest absolute Gasteiger partial charge is 0.327 e. The summed E-state index contributed by atoms with van der Waals surface area (Å²) >= 11 is 5.71. The van der Waals surface area contributed by atoms with Crippen LogP contribution in [0.15, 0.2) is 42.5 Å². The summed E-state index contributed by atoms with van der Waals surface area (Å²) < 4.78 is 38.4. The molecule has 2 nitrogen and oxygen atoms in total. The van der Waals surface area contributed by atoms with Crippen molar-refractivity contribution in [3.8, 4) is 0 Å². The van der Waals surface area contributed by atoms with Crippen LogP contribution in [-0.4, -0.2) is 11.5 Å². The first-order chi connectivity index (χ1) is 9.41. The maximum atomic E-state index is 12.8. The van der Waals surface area contributed by atoms with E-state index in [1.165, 1.54) is 0 Å². The first kappa shape index (κ1) is 14.7. The van der Waals surface area contributed by atoms with Crippen LogP contribution in [0.5, 0.6) is 0 Å². The molecular weight excluding hydrogens is 289 g/mol. The first-order valence-electron chi connectivity index (χ1n) is 5.99. The van der Waals surface area contributed by atoms with E-state index in [0.717, 1.165) is 17.8 Å². The Hall–Kier alpha value is -1.75. The zero-order chi connectivity index (χ0) is 14.8. The average Bonchev–Trinajstić information content (AvgIpc) is 2.39.